The van der Waals surface area contributed by atoms with Gasteiger partial charge in [0, 0.05) is 19.4 Å². The molecule has 1 aliphatic carbocycles. The van der Waals surface area contributed by atoms with Crippen molar-refractivity contribution >= 4 is 17.1 Å². The minimum atomic E-state index is -0.392. The maximum Gasteiger partial charge on any atom is 0.330 e. The Morgan fingerprint density at radius 1 is 1.19 bits per heavy atom. The van der Waals surface area contributed by atoms with E-state index < -0.39 is 5.69 Å². The van der Waals surface area contributed by atoms with Crippen LogP contribution in [0.4, 0.5) is 0 Å². The number of aromatic amines is 2. The summed E-state index contributed by atoms with van der Waals surface area (Å²) in [7, 11) is 1.53. The Balaban J connectivity index is 0.000000227. The van der Waals surface area contributed by atoms with E-state index in [-0.39, 0.29) is 23.2 Å². The van der Waals surface area contributed by atoms with Crippen molar-refractivity contribution in [3.8, 4) is 23.3 Å². The van der Waals surface area contributed by atoms with Crippen LogP contribution in [-0.2, 0) is 4.79 Å². The molecule has 2 heterocycles. The Labute approximate surface area is 185 Å². The van der Waals surface area contributed by atoms with Gasteiger partial charge in [-0.1, -0.05) is 38.8 Å². The third-order valence-electron chi connectivity index (χ3n) is 4.20. The number of para-hydroxylation sites is 2. The van der Waals surface area contributed by atoms with Crippen LogP contribution in [0, 0.1) is 11.8 Å². The number of nitrogens with zero attached hydrogens (tertiary/aromatic N) is 2. The van der Waals surface area contributed by atoms with E-state index >= 15 is 0 Å². The smallest absolute Gasteiger partial charge is 0.330 e. The van der Waals surface area contributed by atoms with Crippen LogP contribution in [0.3, 0.4) is 0 Å². The van der Waals surface area contributed by atoms with Gasteiger partial charge in [-0.3, -0.25) is 19.1 Å². The summed E-state index contributed by atoms with van der Waals surface area (Å²) >= 11 is 0. The first-order valence-electron chi connectivity index (χ1n) is 10.5. The minimum Gasteiger partial charge on any atom is -0.493 e. The number of ether oxygens (including phenoxy) is 2. The van der Waals surface area contributed by atoms with Crippen molar-refractivity contribution in [2.24, 2.45) is 0 Å². The number of esters is 1. The first-order valence-corrected chi connectivity index (χ1v) is 10.5. The van der Waals surface area contributed by atoms with E-state index in [1.54, 1.807) is 18.2 Å². The monoisotopic (exact) mass is 440 g/mol. The molecule has 2 aromatic heterocycles. The Morgan fingerprint density at radius 2 is 1.84 bits per heavy atom. The maximum atomic E-state index is 12.1. The highest BCUT2D eigenvalue weighted by molar-refractivity contribution is 5.70. The second kappa shape index (κ2) is 11.6. The fourth-order valence-corrected chi connectivity index (χ4v) is 2.75. The fourth-order valence-electron chi connectivity index (χ4n) is 2.75. The molecule has 1 saturated carbocycles. The molecule has 0 unspecified atom stereocenters. The highest BCUT2D eigenvalue weighted by Gasteiger charge is 2.28. The molecule has 0 atom stereocenters. The van der Waals surface area contributed by atoms with Gasteiger partial charge in [-0.15, -0.1) is 0 Å². The van der Waals surface area contributed by atoms with Gasteiger partial charge in [-0.2, -0.15) is 0 Å². The summed E-state index contributed by atoms with van der Waals surface area (Å²) in [5, 5.41) is 0. The minimum absolute atomic E-state index is 0.0409. The second-order valence-corrected chi connectivity index (χ2v) is 6.55. The van der Waals surface area contributed by atoms with Crippen LogP contribution in [0.15, 0.2) is 33.9 Å². The summed E-state index contributed by atoms with van der Waals surface area (Å²) in [5.74, 6) is 6.75. The molecular formula is C23H28N4O5. The number of methoxy groups -OCH3 is 1. The molecule has 0 bridgehead atoms. The van der Waals surface area contributed by atoms with Gasteiger partial charge in [0.1, 0.15) is 0 Å². The average Bonchev–Trinajstić information content (AvgIpc) is 3.53. The molecule has 3 aromatic rings. The molecule has 9 heteroatoms. The lowest BCUT2D eigenvalue weighted by atomic mass is 10.3. The number of benzene rings is 1. The summed E-state index contributed by atoms with van der Waals surface area (Å²) in [6.45, 7) is 7.28. The van der Waals surface area contributed by atoms with Crippen LogP contribution in [-0.4, -0.2) is 32.6 Å². The van der Waals surface area contributed by atoms with Crippen LogP contribution in [0.2, 0.25) is 0 Å². The molecule has 0 spiro atoms. The van der Waals surface area contributed by atoms with E-state index in [0.29, 0.717) is 29.3 Å². The van der Waals surface area contributed by atoms with Crippen LogP contribution < -0.4 is 20.7 Å². The molecule has 0 radical (unpaired) electrons. The molecule has 0 saturated heterocycles. The molecule has 4 rings (SSSR count). The van der Waals surface area contributed by atoms with Crippen molar-refractivity contribution in [1.29, 1.82) is 0 Å². The van der Waals surface area contributed by atoms with Gasteiger partial charge in [0.2, 0.25) is 0 Å². The van der Waals surface area contributed by atoms with E-state index in [9.17, 15) is 14.4 Å². The largest absolute Gasteiger partial charge is 0.493 e. The van der Waals surface area contributed by atoms with E-state index in [1.807, 2.05) is 26.8 Å². The summed E-state index contributed by atoms with van der Waals surface area (Å²) in [6, 6.07) is 7.05. The zero-order valence-electron chi connectivity index (χ0n) is 18.9. The topological polar surface area (TPSA) is 119 Å². The molecule has 32 heavy (non-hydrogen) atoms. The standard InChI is InChI=1S/C12H12N4O2.C9H10O3.C2H6/c1-2-3-4-8-13-9-10(14-8)15-12(18)16(11(9)17)7-5-6-7;1-7(10)12-9-6-4-3-5-8(9)11-2;1-2/h7H,2,5-6H2,1H3,(H,13,14)(H,15,18);3-6H,1-2H3;1-2H3. The van der Waals surface area contributed by atoms with Crippen molar-refractivity contribution in [3.63, 3.8) is 0 Å². The summed E-state index contributed by atoms with van der Waals surface area (Å²) < 4.78 is 11.1. The first-order chi connectivity index (χ1) is 15.4. The molecule has 1 fully saturated rings. The number of aromatic nitrogens is 4. The molecular weight excluding hydrogens is 412 g/mol. The molecule has 0 amide bonds. The molecule has 2 N–H and O–H groups in total. The first kappa shape index (κ1) is 24.5. The third-order valence-corrected chi connectivity index (χ3v) is 4.20. The fraction of sp³-hybridized carbons (Fsp3) is 0.391. The lowest BCUT2D eigenvalue weighted by molar-refractivity contribution is -0.132. The number of H-pyrrole nitrogens is 2. The van der Waals surface area contributed by atoms with Crippen molar-refractivity contribution in [2.45, 2.75) is 53.0 Å². The van der Waals surface area contributed by atoms with Gasteiger partial charge in [0.05, 0.1) is 7.11 Å². The second-order valence-electron chi connectivity index (χ2n) is 6.55. The quantitative estimate of drug-likeness (QED) is 0.367. The average molecular weight is 441 g/mol. The van der Waals surface area contributed by atoms with Crippen LogP contribution in [0.5, 0.6) is 11.5 Å². The van der Waals surface area contributed by atoms with E-state index in [1.165, 1.54) is 18.6 Å². The lowest BCUT2D eigenvalue weighted by Crippen LogP contribution is -2.34. The Morgan fingerprint density at radius 3 is 2.41 bits per heavy atom. The van der Waals surface area contributed by atoms with Gasteiger partial charge in [0.15, 0.2) is 28.5 Å². The summed E-state index contributed by atoms with van der Waals surface area (Å²) in [5.41, 5.74) is -0.103. The van der Waals surface area contributed by atoms with Gasteiger partial charge in [0.25, 0.3) is 5.56 Å². The van der Waals surface area contributed by atoms with Crippen molar-refractivity contribution < 1.29 is 14.3 Å². The summed E-state index contributed by atoms with van der Waals surface area (Å²) in [4.78, 5) is 44.1. The zero-order valence-corrected chi connectivity index (χ0v) is 18.9. The zero-order chi connectivity index (χ0) is 23.7. The molecule has 0 aliphatic heterocycles. The SMILES string of the molecule is CC.CCC#Cc1nc2[nH]c(=O)n(C3CC3)c(=O)c2[nH]1.COc1ccccc1OC(C)=O. The number of carbonyl (C=O) groups excluding carboxylic acids is 1. The van der Waals surface area contributed by atoms with Crippen LogP contribution >= 0.6 is 0 Å². The van der Waals surface area contributed by atoms with Crippen molar-refractivity contribution in [3.05, 3.63) is 50.9 Å². The number of hydrogen-bond donors (Lipinski definition) is 2. The number of carbonyl (C=O) groups is 1. The molecule has 1 aliphatic rings. The molecule has 9 nitrogen and oxygen atoms in total. The normalized spacial score (nSPS) is 11.8. The number of fused-ring (bicyclic) bond motifs is 1. The Kier molecular flexibility index (Phi) is 8.83. The summed E-state index contributed by atoms with van der Waals surface area (Å²) in [6.07, 6.45) is 2.47. The number of rotatable bonds is 3. The molecule has 170 valence electrons. The van der Waals surface area contributed by atoms with E-state index in [4.69, 9.17) is 9.47 Å². The molecule has 1 aromatic carbocycles. The highest BCUT2D eigenvalue weighted by atomic mass is 16.6. The lowest BCUT2D eigenvalue weighted by Gasteiger charge is -2.05. The third kappa shape index (κ3) is 6.11. The van der Waals surface area contributed by atoms with Crippen LogP contribution in [0.1, 0.15) is 58.8 Å². The van der Waals surface area contributed by atoms with Crippen molar-refractivity contribution in [1.82, 2.24) is 19.5 Å². The van der Waals surface area contributed by atoms with Gasteiger partial charge >= 0.3 is 11.7 Å². The van der Waals surface area contributed by atoms with E-state index in [0.717, 1.165) is 12.8 Å². The Bertz CT molecular complexity index is 1240. The Hall–Kier alpha value is -3.80. The predicted molar refractivity (Wildman–Crippen MR) is 122 cm³/mol. The number of imidazole rings is 1. The predicted octanol–water partition coefficient (Wildman–Crippen LogP) is 3.16. The maximum absolute atomic E-state index is 12.1. The van der Waals surface area contributed by atoms with Gasteiger partial charge in [-0.05, 0) is 30.9 Å². The number of hydrogen-bond acceptors (Lipinski definition) is 6. The van der Waals surface area contributed by atoms with Gasteiger partial charge < -0.3 is 14.5 Å². The van der Waals surface area contributed by atoms with Crippen LogP contribution in [0.25, 0.3) is 11.2 Å². The van der Waals surface area contributed by atoms with Crippen molar-refractivity contribution in [2.75, 3.05) is 7.11 Å². The van der Waals surface area contributed by atoms with Gasteiger partial charge in [-0.25, -0.2) is 9.78 Å². The van der Waals surface area contributed by atoms with E-state index in [2.05, 4.69) is 26.8 Å². The number of nitrogens with one attached hydrogen (secondary N) is 2. The highest BCUT2D eigenvalue weighted by Crippen LogP contribution is 2.32.